The van der Waals surface area contributed by atoms with Crippen molar-refractivity contribution in [3.05, 3.63) is 130 Å². The van der Waals surface area contributed by atoms with Crippen molar-refractivity contribution in [1.29, 1.82) is 0 Å². The summed E-state index contributed by atoms with van der Waals surface area (Å²) >= 11 is 7.17. The van der Waals surface area contributed by atoms with E-state index in [-0.39, 0.29) is 22.3 Å². The molecule has 4 aromatic carbocycles. The second-order valence-electron chi connectivity index (χ2n) is 8.97. The van der Waals surface area contributed by atoms with Crippen molar-refractivity contribution < 1.29 is 22.1 Å². The molecule has 0 unspecified atom stereocenters. The molecule has 0 atom stereocenters. The van der Waals surface area contributed by atoms with Gasteiger partial charge in [-0.05, 0) is 70.9 Å². The average molecular weight is 605 g/mol. The summed E-state index contributed by atoms with van der Waals surface area (Å²) in [5, 5.41) is 1.02. The van der Waals surface area contributed by atoms with Crippen molar-refractivity contribution in [2.45, 2.75) is 18.0 Å². The number of amides is 1. The number of carbonyl (C=O) groups is 1. The SMILES string of the molecule is COc1cc(/C=C2/SC(=NCc3ccccc3)N(Cc3ccccc3)C2=O)ccc1OS(=O)(=O)c1ccc(Cl)cc1. The Morgan fingerprint density at radius 2 is 1.54 bits per heavy atom. The minimum absolute atomic E-state index is 0.0193. The Morgan fingerprint density at radius 1 is 0.878 bits per heavy atom. The van der Waals surface area contributed by atoms with Gasteiger partial charge in [-0.2, -0.15) is 8.42 Å². The molecule has 1 heterocycles. The molecular formula is C31H25ClN2O5S2. The molecule has 10 heteroatoms. The summed E-state index contributed by atoms with van der Waals surface area (Å²) in [5.41, 5.74) is 2.66. The van der Waals surface area contributed by atoms with Gasteiger partial charge in [0.15, 0.2) is 16.7 Å². The van der Waals surface area contributed by atoms with E-state index in [1.807, 2.05) is 60.7 Å². The van der Waals surface area contributed by atoms with E-state index in [9.17, 15) is 13.2 Å². The standard InChI is InChI=1S/C31H25ClN2O5S2/c1-38-28-18-24(12-17-27(28)39-41(36,37)26-15-13-25(32)14-16-26)19-29-30(35)34(21-23-10-6-3-7-11-23)31(40-29)33-20-22-8-4-2-5-9-22/h2-19H,20-21H2,1H3/b29-19+,33-31?. The summed E-state index contributed by atoms with van der Waals surface area (Å²) in [4.78, 5) is 20.4. The monoisotopic (exact) mass is 604 g/mol. The van der Waals surface area contributed by atoms with Crippen LogP contribution in [-0.4, -0.2) is 31.5 Å². The van der Waals surface area contributed by atoms with Crippen molar-refractivity contribution in [3.63, 3.8) is 0 Å². The molecule has 41 heavy (non-hydrogen) atoms. The van der Waals surface area contributed by atoms with Gasteiger partial charge in [-0.3, -0.25) is 14.7 Å². The van der Waals surface area contributed by atoms with Crippen LogP contribution < -0.4 is 8.92 Å². The zero-order chi connectivity index (χ0) is 28.8. The van der Waals surface area contributed by atoms with E-state index in [2.05, 4.69) is 0 Å². The minimum atomic E-state index is -4.11. The molecular weight excluding hydrogens is 580 g/mol. The first-order chi connectivity index (χ1) is 19.8. The Labute approximate surface area is 248 Å². The van der Waals surface area contributed by atoms with Crippen LogP contribution in [0.4, 0.5) is 0 Å². The number of methoxy groups -OCH3 is 1. The molecule has 0 aromatic heterocycles. The lowest BCUT2D eigenvalue weighted by Gasteiger charge is -2.15. The Kier molecular flexibility index (Phi) is 8.78. The smallest absolute Gasteiger partial charge is 0.339 e. The number of thioether (sulfide) groups is 1. The molecule has 208 valence electrons. The van der Waals surface area contributed by atoms with Gasteiger partial charge in [-0.25, -0.2) is 0 Å². The van der Waals surface area contributed by atoms with Crippen molar-refractivity contribution in [1.82, 2.24) is 4.90 Å². The number of rotatable bonds is 9. The number of aliphatic imine (C=N–C) groups is 1. The zero-order valence-corrected chi connectivity index (χ0v) is 24.3. The predicted octanol–water partition coefficient (Wildman–Crippen LogP) is 6.79. The van der Waals surface area contributed by atoms with Gasteiger partial charge in [0.1, 0.15) is 4.90 Å². The fourth-order valence-corrected chi connectivity index (χ4v) is 6.08. The second kappa shape index (κ2) is 12.6. The molecule has 0 radical (unpaired) electrons. The first-order valence-electron chi connectivity index (χ1n) is 12.5. The van der Waals surface area contributed by atoms with Gasteiger partial charge >= 0.3 is 10.1 Å². The van der Waals surface area contributed by atoms with Crippen LogP contribution in [0, 0.1) is 0 Å². The van der Waals surface area contributed by atoms with Gasteiger partial charge in [0, 0.05) is 5.02 Å². The van der Waals surface area contributed by atoms with Crippen LogP contribution in [0.2, 0.25) is 5.02 Å². The van der Waals surface area contributed by atoms with Crippen LogP contribution >= 0.6 is 23.4 Å². The maximum absolute atomic E-state index is 13.5. The van der Waals surface area contributed by atoms with Crippen LogP contribution in [-0.2, 0) is 28.0 Å². The number of benzene rings is 4. The van der Waals surface area contributed by atoms with E-state index < -0.39 is 10.1 Å². The van der Waals surface area contributed by atoms with Gasteiger partial charge in [0.25, 0.3) is 5.91 Å². The van der Waals surface area contributed by atoms with Crippen LogP contribution in [0.1, 0.15) is 16.7 Å². The van der Waals surface area contributed by atoms with Gasteiger partial charge in [-0.1, -0.05) is 78.3 Å². The Morgan fingerprint density at radius 3 is 2.20 bits per heavy atom. The highest BCUT2D eigenvalue weighted by molar-refractivity contribution is 8.18. The lowest BCUT2D eigenvalue weighted by Crippen LogP contribution is -2.28. The normalized spacial score (nSPS) is 15.5. The number of nitrogens with zero attached hydrogens (tertiary/aromatic N) is 2. The molecule has 0 spiro atoms. The Bertz CT molecular complexity index is 1710. The number of hydrogen-bond donors (Lipinski definition) is 0. The zero-order valence-electron chi connectivity index (χ0n) is 21.9. The Hall–Kier alpha value is -4.05. The number of hydrogen-bond acceptors (Lipinski definition) is 7. The van der Waals surface area contributed by atoms with E-state index in [4.69, 9.17) is 25.5 Å². The Balaban J connectivity index is 1.41. The topological polar surface area (TPSA) is 85.3 Å². The molecule has 1 aliphatic rings. The third-order valence-electron chi connectivity index (χ3n) is 6.10. The maximum atomic E-state index is 13.5. The summed E-state index contributed by atoms with van der Waals surface area (Å²) in [5.74, 6) is 0.0486. The van der Waals surface area contributed by atoms with Crippen LogP contribution in [0.25, 0.3) is 6.08 Å². The molecule has 7 nitrogen and oxygen atoms in total. The minimum Gasteiger partial charge on any atom is -0.493 e. The van der Waals surface area contributed by atoms with E-state index in [1.165, 1.54) is 49.2 Å². The molecule has 1 aliphatic heterocycles. The number of halogens is 1. The van der Waals surface area contributed by atoms with Gasteiger partial charge < -0.3 is 8.92 Å². The van der Waals surface area contributed by atoms with Crippen molar-refractivity contribution in [2.24, 2.45) is 4.99 Å². The van der Waals surface area contributed by atoms with Crippen LogP contribution in [0.5, 0.6) is 11.5 Å². The molecule has 0 N–H and O–H groups in total. The quantitative estimate of drug-likeness (QED) is 0.154. The second-order valence-corrected chi connectivity index (χ2v) is 12.0. The summed E-state index contributed by atoms with van der Waals surface area (Å²) in [6.45, 7) is 0.827. The summed E-state index contributed by atoms with van der Waals surface area (Å²) in [6, 6.07) is 30.0. The average Bonchev–Trinajstić information content (AvgIpc) is 3.27. The van der Waals surface area contributed by atoms with Gasteiger partial charge in [0.2, 0.25) is 0 Å². The highest BCUT2D eigenvalue weighted by Gasteiger charge is 2.33. The lowest BCUT2D eigenvalue weighted by molar-refractivity contribution is -0.122. The summed E-state index contributed by atoms with van der Waals surface area (Å²) < 4.78 is 36.3. The molecule has 1 fully saturated rings. The van der Waals surface area contributed by atoms with Crippen molar-refractivity contribution in [2.75, 3.05) is 7.11 Å². The molecule has 1 amide bonds. The fourth-order valence-electron chi connectivity index (χ4n) is 4.04. The highest BCUT2D eigenvalue weighted by Crippen LogP contribution is 2.36. The van der Waals surface area contributed by atoms with Crippen LogP contribution in [0.15, 0.2) is 118 Å². The molecule has 5 rings (SSSR count). The predicted molar refractivity (Wildman–Crippen MR) is 162 cm³/mol. The molecule has 0 aliphatic carbocycles. The van der Waals surface area contributed by atoms with Gasteiger partial charge in [0.05, 0.1) is 25.1 Å². The maximum Gasteiger partial charge on any atom is 0.339 e. The first kappa shape index (κ1) is 28.5. The van der Waals surface area contributed by atoms with Gasteiger partial charge in [-0.15, -0.1) is 0 Å². The molecule has 4 aromatic rings. The molecule has 0 saturated carbocycles. The summed E-state index contributed by atoms with van der Waals surface area (Å²) in [6.07, 6.45) is 1.73. The van der Waals surface area contributed by atoms with Crippen molar-refractivity contribution in [3.8, 4) is 11.5 Å². The van der Waals surface area contributed by atoms with Crippen molar-refractivity contribution >= 4 is 50.6 Å². The number of carbonyl (C=O) groups excluding carboxylic acids is 1. The fraction of sp³-hybridized carbons (Fsp3) is 0.0968. The third kappa shape index (κ3) is 7.00. The van der Waals surface area contributed by atoms with E-state index >= 15 is 0 Å². The number of amidine groups is 1. The van der Waals surface area contributed by atoms with E-state index in [0.717, 1.165) is 11.1 Å². The summed E-state index contributed by atoms with van der Waals surface area (Å²) in [7, 11) is -2.70. The highest BCUT2D eigenvalue weighted by atomic mass is 35.5. The van der Waals surface area contributed by atoms with E-state index in [0.29, 0.717) is 33.7 Å². The van der Waals surface area contributed by atoms with Crippen LogP contribution in [0.3, 0.4) is 0 Å². The third-order valence-corrected chi connectivity index (χ3v) is 8.64. The largest absolute Gasteiger partial charge is 0.493 e. The molecule has 1 saturated heterocycles. The first-order valence-corrected chi connectivity index (χ1v) is 15.1. The molecule has 0 bridgehead atoms. The lowest BCUT2D eigenvalue weighted by atomic mass is 10.1. The number of ether oxygens (including phenoxy) is 1. The van der Waals surface area contributed by atoms with E-state index in [1.54, 1.807) is 23.1 Å².